The molecule has 10 heteroatoms. The second-order valence-corrected chi connectivity index (χ2v) is 9.78. The van der Waals surface area contributed by atoms with Crippen molar-refractivity contribution >= 4 is 39.1 Å². The van der Waals surface area contributed by atoms with Crippen molar-refractivity contribution < 1.29 is 17.9 Å². The lowest BCUT2D eigenvalue weighted by Gasteiger charge is -2.12. The Hall–Kier alpha value is -2.95. The number of aryl methyl sites for hydroxylation is 1. The Bertz CT molecular complexity index is 1260. The zero-order valence-electron chi connectivity index (χ0n) is 17.4. The van der Waals surface area contributed by atoms with Crippen LogP contribution < -0.4 is 15.2 Å². The van der Waals surface area contributed by atoms with Crippen LogP contribution >= 0.6 is 11.8 Å². The van der Waals surface area contributed by atoms with E-state index in [2.05, 4.69) is 15.3 Å². The molecule has 3 N–H and O–H groups in total. The van der Waals surface area contributed by atoms with E-state index < -0.39 is 10.0 Å². The fourth-order valence-corrected chi connectivity index (χ4v) is 4.77. The van der Waals surface area contributed by atoms with Gasteiger partial charge in [-0.15, -0.1) is 0 Å². The van der Waals surface area contributed by atoms with E-state index in [0.717, 1.165) is 30.5 Å². The van der Waals surface area contributed by atoms with Gasteiger partial charge in [0, 0.05) is 16.8 Å². The number of Topliss-reactive ketones (excluding diaryl/α,β-unsaturated/α-hetero) is 1. The van der Waals surface area contributed by atoms with E-state index in [-0.39, 0.29) is 16.4 Å². The van der Waals surface area contributed by atoms with Crippen LogP contribution in [0.1, 0.15) is 28.0 Å². The van der Waals surface area contributed by atoms with Gasteiger partial charge in [-0.05, 0) is 61.7 Å². The van der Waals surface area contributed by atoms with Gasteiger partial charge >= 0.3 is 0 Å². The third-order valence-electron chi connectivity index (χ3n) is 5.08. The maximum absolute atomic E-state index is 12.6. The Kier molecular flexibility index (Phi) is 6.45. The minimum atomic E-state index is -3.81. The number of sulfonamides is 1. The first kappa shape index (κ1) is 22.3. The van der Waals surface area contributed by atoms with Gasteiger partial charge in [0.2, 0.25) is 10.0 Å². The van der Waals surface area contributed by atoms with Crippen molar-refractivity contribution in [3.8, 4) is 5.75 Å². The standard InChI is InChI=1S/C22H22N4O4S2/c1-30-16-10-8-14(9-11-16)20(27)13-31-22-25-19-7-3-6-18(19)21(26-22)24-15-4-2-5-17(12-15)32(23,28)29/h2,4-5,8-12H,3,6-7,13H2,1H3,(H2,23,28,29)(H,24,25,26). The quantitative estimate of drug-likeness (QED) is 0.292. The number of hydrogen-bond donors (Lipinski definition) is 2. The number of carbonyl (C=O) groups is 1. The van der Waals surface area contributed by atoms with E-state index in [1.165, 1.54) is 23.9 Å². The SMILES string of the molecule is COc1ccc(C(=O)CSc2nc3c(c(Nc4cccc(S(N)(=O)=O)c4)n2)CCC3)cc1. The van der Waals surface area contributed by atoms with Gasteiger partial charge in [0.05, 0.1) is 23.5 Å². The van der Waals surface area contributed by atoms with Crippen LogP contribution in [-0.2, 0) is 22.9 Å². The number of primary sulfonamides is 1. The molecule has 8 nitrogen and oxygen atoms in total. The van der Waals surface area contributed by atoms with Crippen LogP contribution in [0.15, 0.2) is 58.6 Å². The van der Waals surface area contributed by atoms with Gasteiger partial charge in [-0.2, -0.15) is 0 Å². The molecule has 0 unspecified atom stereocenters. The topological polar surface area (TPSA) is 124 Å². The number of nitrogens with one attached hydrogen (secondary N) is 1. The first-order valence-corrected chi connectivity index (χ1v) is 12.5. The summed E-state index contributed by atoms with van der Waals surface area (Å²) in [5.74, 6) is 1.49. The summed E-state index contributed by atoms with van der Waals surface area (Å²) in [5.41, 5.74) is 3.12. The van der Waals surface area contributed by atoms with Crippen LogP contribution in [0.2, 0.25) is 0 Å². The molecule has 0 saturated carbocycles. The maximum Gasteiger partial charge on any atom is 0.238 e. The van der Waals surface area contributed by atoms with Crippen LogP contribution in [-0.4, -0.2) is 37.0 Å². The predicted molar refractivity (Wildman–Crippen MR) is 123 cm³/mol. The van der Waals surface area contributed by atoms with Crippen LogP contribution in [0, 0.1) is 0 Å². The highest BCUT2D eigenvalue weighted by atomic mass is 32.2. The molecule has 0 bridgehead atoms. The number of anilines is 2. The largest absolute Gasteiger partial charge is 0.497 e. The highest BCUT2D eigenvalue weighted by Gasteiger charge is 2.21. The zero-order chi connectivity index (χ0) is 22.7. The van der Waals surface area contributed by atoms with Gasteiger partial charge in [0.15, 0.2) is 10.9 Å². The molecule has 0 atom stereocenters. The number of ketones is 1. The maximum atomic E-state index is 12.6. The van der Waals surface area contributed by atoms with Gasteiger partial charge < -0.3 is 10.1 Å². The van der Waals surface area contributed by atoms with Crippen molar-refractivity contribution in [2.24, 2.45) is 5.14 Å². The minimum Gasteiger partial charge on any atom is -0.497 e. The van der Waals surface area contributed by atoms with Gasteiger partial charge in [0.25, 0.3) is 0 Å². The number of thioether (sulfide) groups is 1. The van der Waals surface area contributed by atoms with E-state index in [1.807, 2.05) is 0 Å². The molecule has 1 aliphatic rings. The second kappa shape index (κ2) is 9.27. The summed E-state index contributed by atoms with van der Waals surface area (Å²) in [7, 11) is -2.23. The first-order chi connectivity index (χ1) is 15.3. The number of carbonyl (C=O) groups excluding carboxylic acids is 1. The first-order valence-electron chi connectivity index (χ1n) is 9.93. The fourth-order valence-electron chi connectivity index (χ4n) is 3.46. The molecule has 32 heavy (non-hydrogen) atoms. The number of hydrogen-bond acceptors (Lipinski definition) is 8. The summed E-state index contributed by atoms with van der Waals surface area (Å²) in [4.78, 5) is 21.8. The molecule has 0 fully saturated rings. The summed E-state index contributed by atoms with van der Waals surface area (Å²) in [6.45, 7) is 0. The molecular formula is C22H22N4O4S2. The van der Waals surface area contributed by atoms with Crippen molar-refractivity contribution in [1.29, 1.82) is 0 Å². The summed E-state index contributed by atoms with van der Waals surface area (Å²) in [5, 5.41) is 8.95. The molecule has 0 saturated heterocycles. The number of benzene rings is 2. The molecule has 166 valence electrons. The van der Waals surface area contributed by atoms with Crippen LogP contribution in [0.25, 0.3) is 0 Å². The lowest BCUT2D eigenvalue weighted by molar-refractivity contribution is 0.102. The van der Waals surface area contributed by atoms with Crippen molar-refractivity contribution in [2.75, 3.05) is 18.2 Å². The molecule has 2 aromatic carbocycles. The lowest BCUT2D eigenvalue weighted by Crippen LogP contribution is -2.12. The molecule has 3 aromatic rings. The van der Waals surface area contributed by atoms with E-state index in [0.29, 0.717) is 28.0 Å². The average molecular weight is 471 g/mol. The van der Waals surface area contributed by atoms with Gasteiger partial charge in [-0.25, -0.2) is 23.5 Å². The highest BCUT2D eigenvalue weighted by molar-refractivity contribution is 7.99. The van der Waals surface area contributed by atoms with Gasteiger partial charge in [-0.3, -0.25) is 4.79 Å². The summed E-state index contributed by atoms with van der Waals surface area (Å²) in [6.07, 6.45) is 2.64. The van der Waals surface area contributed by atoms with E-state index in [4.69, 9.17) is 9.88 Å². The molecule has 0 spiro atoms. The molecule has 1 heterocycles. The van der Waals surface area contributed by atoms with Crippen molar-refractivity contribution in [3.63, 3.8) is 0 Å². The fraction of sp³-hybridized carbons (Fsp3) is 0.227. The number of nitrogens with two attached hydrogens (primary N) is 1. The second-order valence-electron chi connectivity index (χ2n) is 7.27. The number of rotatable bonds is 8. The number of methoxy groups -OCH3 is 1. The molecule has 4 rings (SSSR count). The zero-order valence-corrected chi connectivity index (χ0v) is 19.0. The summed E-state index contributed by atoms with van der Waals surface area (Å²) >= 11 is 1.27. The van der Waals surface area contributed by atoms with E-state index in [1.54, 1.807) is 43.5 Å². The van der Waals surface area contributed by atoms with Gasteiger partial charge in [-0.1, -0.05) is 17.8 Å². The molecule has 0 aliphatic heterocycles. The number of ether oxygens (including phenoxy) is 1. The summed E-state index contributed by atoms with van der Waals surface area (Å²) in [6, 6.07) is 13.2. The Labute approximate surface area is 190 Å². The van der Waals surface area contributed by atoms with Gasteiger partial charge in [0.1, 0.15) is 11.6 Å². The molecule has 0 radical (unpaired) electrons. The number of aromatic nitrogens is 2. The highest BCUT2D eigenvalue weighted by Crippen LogP contribution is 2.31. The molecule has 1 aromatic heterocycles. The average Bonchev–Trinajstić information content (AvgIpc) is 3.26. The number of nitrogens with zero attached hydrogens (tertiary/aromatic N) is 2. The van der Waals surface area contributed by atoms with Crippen LogP contribution in [0.4, 0.5) is 11.5 Å². The Balaban J connectivity index is 1.53. The van der Waals surface area contributed by atoms with Crippen molar-refractivity contribution in [1.82, 2.24) is 9.97 Å². The summed E-state index contributed by atoms with van der Waals surface area (Å²) < 4.78 is 28.5. The Morgan fingerprint density at radius 2 is 1.94 bits per heavy atom. The monoisotopic (exact) mass is 470 g/mol. The third-order valence-corrected chi connectivity index (χ3v) is 6.84. The van der Waals surface area contributed by atoms with E-state index >= 15 is 0 Å². The Morgan fingerprint density at radius 1 is 1.16 bits per heavy atom. The molecule has 1 aliphatic carbocycles. The Morgan fingerprint density at radius 3 is 2.66 bits per heavy atom. The van der Waals surface area contributed by atoms with Crippen LogP contribution in [0.3, 0.4) is 0 Å². The predicted octanol–water partition coefficient (Wildman–Crippen LogP) is 3.34. The van der Waals surface area contributed by atoms with Crippen LogP contribution in [0.5, 0.6) is 5.75 Å². The molecular weight excluding hydrogens is 448 g/mol. The van der Waals surface area contributed by atoms with Crippen molar-refractivity contribution in [3.05, 3.63) is 65.4 Å². The lowest BCUT2D eigenvalue weighted by atomic mass is 10.1. The van der Waals surface area contributed by atoms with E-state index in [9.17, 15) is 13.2 Å². The third kappa shape index (κ3) is 5.09. The minimum absolute atomic E-state index is 0.0212. The van der Waals surface area contributed by atoms with Crippen molar-refractivity contribution in [2.45, 2.75) is 29.3 Å². The number of fused-ring (bicyclic) bond motifs is 1. The normalized spacial score (nSPS) is 12.9. The molecule has 0 amide bonds. The smallest absolute Gasteiger partial charge is 0.238 e.